The van der Waals surface area contributed by atoms with E-state index in [1.54, 1.807) is 6.07 Å². The van der Waals surface area contributed by atoms with Crippen LogP contribution in [0.15, 0.2) is 18.2 Å². The van der Waals surface area contributed by atoms with Gasteiger partial charge in [-0.1, -0.05) is 17.7 Å². The van der Waals surface area contributed by atoms with Crippen LogP contribution in [0.1, 0.15) is 36.0 Å². The molecule has 2 aliphatic rings. The molecule has 5 heteroatoms. The van der Waals surface area contributed by atoms with E-state index in [1.165, 1.54) is 12.1 Å². The third kappa shape index (κ3) is 3.13. The molecule has 114 valence electrons. The number of halogens is 2. The van der Waals surface area contributed by atoms with Gasteiger partial charge >= 0.3 is 0 Å². The van der Waals surface area contributed by atoms with Crippen LogP contribution < -0.4 is 0 Å². The van der Waals surface area contributed by atoms with Crippen molar-refractivity contribution in [1.82, 2.24) is 0 Å². The zero-order valence-corrected chi connectivity index (χ0v) is 13.3. The Morgan fingerprint density at radius 1 is 1.38 bits per heavy atom. The monoisotopic (exact) mass is 328 g/mol. The summed E-state index contributed by atoms with van der Waals surface area (Å²) in [5, 5.41) is 0.0108. The number of hydrogen-bond donors (Lipinski definition) is 0. The van der Waals surface area contributed by atoms with Gasteiger partial charge in [-0.15, -0.1) is 0 Å². The fourth-order valence-electron chi connectivity index (χ4n) is 3.26. The Labute approximate surface area is 133 Å². The third-order valence-electron chi connectivity index (χ3n) is 4.48. The van der Waals surface area contributed by atoms with Crippen LogP contribution >= 0.6 is 23.4 Å². The molecule has 2 saturated heterocycles. The second-order valence-electron chi connectivity index (χ2n) is 5.80. The van der Waals surface area contributed by atoms with Crippen LogP contribution in [0.4, 0.5) is 4.39 Å². The van der Waals surface area contributed by atoms with Gasteiger partial charge in [-0.3, -0.25) is 4.79 Å². The van der Waals surface area contributed by atoms with Gasteiger partial charge < -0.3 is 4.74 Å². The topological polar surface area (TPSA) is 26.3 Å². The lowest BCUT2D eigenvalue weighted by Gasteiger charge is -2.42. The van der Waals surface area contributed by atoms with E-state index in [0.717, 1.165) is 24.3 Å². The van der Waals surface area contributed by atoms with Crippen LogP contribution in [0.5, 0.6) is 0 Å². The van der Waals surface area contributed by atoms with E-state index < -0.39 is 5.82 Å². The first-order valence-corrected chi connectivity index (χ1v) is 8.84. The molecule has 2 aliphatic heterocycles. The summed E-state index contributed by atoms with van der Waals surface area (Å²) >= 11 is 7.71. The average Bonchev–Trinajstić information content (AvgIpc) is 2.50. The zero-order chi connectivity index (χ0) is 14.9. The smallest absolute Gasteiger partial charge is 0.169 e. The number of thioether (sulfide) groups is 1. The molecule has 1 aromatic carbocycles. The second-order valence-corrected chi connectivity index (χ2v) is 7.43. The van der Waals surface area contributed by atoms with Gasteiger partial charge in [-0.05, 0) is 49.3 Å². The number of carbonyl (C=O) groups is 1. The quantitative estimate of drug-likeness (QED) is 0.755. The van der Waals surface area contributed by atoms with Gasteiger partial charge in [0.15, 0.2) is 11.6 Å². The molecule has 2 heterocycles. The van der Waals surface area contributed by atoms with E-state index in [1.807, 2.05) is 11.8 Å². The van der Waals surface area contributed by atoms with Crippen molar-refractivity contribution in [3.05, 3.63) is 34.6 Å². The summed E-state index contributed by atoms with van der Waals surface area (Å²) in [6, 6.07) is 4.63. The molecule has 0 aromatic heterocycles. The van der Waals surface area contributed by atoms with Crippen LogP contribution in [-0.4, -0.2) is 29.5 Å². The maximum absolute atomic E-state index is 14.1. The second kappa shape index (κ2) is 6.27. The largest absolute Gasteiger partial charge is 0.375 e. The van der Waals surface area contributed by atoms with Crippen LogP contribution in [0.25, 0.3) is 0 Å². The maximum atomic E-state index is 14.1. The van der Waals surface area contributed by atoms with Crippen molar-refractivity contribution in [2.45, 2.75) is 31.3 Å². The molecule has 1 atom stereocenters. The number of rotatable bonds is 2. The summed E-state index contributed by atoms with van der Waals surface area (Å²) in [4.78, 5) is 12.6. The number of ketones is 1. The van der Waals surface area contributed by atoms with Crippen molar-refractivity contribution in [1.29, 1.82) is 0 Å². The number of Topliss-reactive ketones (excluding diaryl/α,β-unsaturated/α-hetero) is 1. The molecule has 3 rings (SSSR count). The maximum Gasteiger partial charge on any atom is 0.169 e. The normalized spacial score (nSPS) is 25.0. The SMILES string of the molecule is O=C(c1cccc(Cl)c1F)C1CCOC2(CCSCC2)C1. The summed E-state index contributed by atoms with van der Waals surface area (Å²) < 4.78 is 20.0. The lowest BCUT2D eigenvalue weighted by atomic mass is 9.78. The van der Waals surface area contributed by atoms with E-state index in [2.05, 4.69) is 0 Å². The van der Waals surface area contributed by atoms with Crippen molar-refractivity contribution < 1.29 is 13.9 Å². The minimum Gasteiger partial charge on any atom is -0.375 e. The standard InChI is InChI=1S/C16H18ClFO2S/c17-13-3-1-2-12(14(13)18)15(19)11-4-7-20-16(10-11)5-8-21-9-6-16/h1-3,11H,4-10H2. The molecule has 0 amide bonds. The molecule has 1 spiro atoms. The number of ether oxygens (including phenoxy) is 1. The van der Waals surface area contributed by atoms with Gasteiger partial charge in [-0.2, -0.15) is 11.8 Å². The summed E-state index contributed by atoms with van der Waals surface area (Å²) in [6.45, 7) is 0.587. The van der Waals surface area contributed by atoms with Gasteiger partial charge in [0.1, 0.15) is 0 Å². The fourth-order valence-corrected chi connectivity index (χ4v) is 4.67. The van der Waals surface area contributed by atoms with E-state index in [9.17, 15) is 9.18 Å². The van der Waals surface area contributed by atoms with Crippen LogP contribution in [0, 0.1) is 11.7 Å². The molecule has 0 radical (unpaired) electrons. The molecule has 21 heavy (non-hydrogen) atoms. The predicted molar refractivity (Wildman–Crippen MR) is 83.7 cm³/mol. The van der Waals surface area contributed by atoms with Crippen molar-refractivity contribution in [2.75, 3.05) is 18.1 Å². The minimum atomic E-state index is -0.594. The van der Waals surface area contributed by atoms with E-state index >= 15 is 0 Å². The molecule has 1 unspecified atom stereocenters. The highest BCUT2D eigenvalue weighted by molar-refractivity contribution is 7.99. The Bertz CT molecular complexity index is 538. The summed E-state index contributed by atoms with van der Waals surface area (Å²) in [6.07, 6.45) is 3.34. The van der Waals surface area contributed by atoms with E-state index in [0.29, 0.717) is 19.4 Å². The summed E-state index contributed by atoms with van der Waals surface area (Å²) in [5.41, 5.74) is -0.0477. The first-order valence-electron chi connectivity index (χ1n) is 7.31. The first-order chi connectivity index (χ1) is 10.1. The lowest BCUT2D eigenvalue weighted by Crippen LogP contribution is -2.44. The summed E-state index contributed by atoms with van der Waals surface area (Å²) in [7, 11) is 0. The van der Waals surface area contributed by atoms with Crippen molar-refractivity contribution in [3.63, 3.8) is 0 Å². The number of hydrogen-bond acceptors (Lipinski definition) is 3. The van der Waals surface area contributed by atoms with Gasteiger partial charge in [0, 0.05) is 12.5 Å². The first kappa shape index (κ1) is 15.3. The molecular weight excluding hydrogens is 311 g/mol. The molecule has 1 aromatic rings. The Kier molecular flexibility index (Phi) is 4.57. The molecule has 0 N–H and O–H groups in total. The minimum absolute atomic E-state index is 0.0108. The Hall–Kier alpha value is -0.580. The van der Waals surface area contributed by atoms with E-state index in [-0.39, 0.29) is 27.9 Å². The lowest BCUT2D eigenvalue weighted by molar-refractivity contribution is -0.0960. The highest BCUT2D eigenvalue weighted by Gasteiger charge is 2.41. The molecule has 2 fully saturated rings. The number of carbonyl (C=O) groups excluding carboxylic acids is 1. The molecule has 2 nitrogen and oxygen atoms in total. The van der Waals surface area contributed by atoms with Gasteiger partial charge in [0.2, 0.25) is 0 Å². The molecule has 0 bridgehead atoms. The highest BCUT2D eigenvalue weighted by atomic mass is 35.5. The van der Waals surface area contributed by atoms with Crippen molar-refractivity contribution >= 4 is 29.1 Å². The molecule has 0 aliphatic carbocycles. The van der Waals surface area contributed by atoms with Crippen molar-refractivity contribution in [2.24, 2.45) is 5.92 Å². The summed E-state index contributed by atoms with van der Waals surface area (Å²) in [5.74, 6) is 1.27. The van der Waals surface area contributed by atoms with Gasteiger partial charge in [0.25, 0.3) is 0 Å². The highest BCUT2D eigenvalue weighted by Crippen LogP contribution is 2.40. The van der Waals surface area contributed by atoms with Crippen LogP contribution in [0.2, 0.25) is 5.02 Å². The van der Waals surface area contributed by atoms with Gasteiger partial charge in [0.05, 0.1) is 16.2 Å². The zero-order valence-electron chi connectivity index (χ0n) is 11.7. The Balaban J connectivity index is 1.79. The fraction of sp³-hybridized carbons (Fsp3) is 0.562. The third-order valence-corrected chi connectivity index (χ3v) is 5.76. The Morgan fingerprint density at radius 2 is 2.14 bits per heavy atom. The average molecular weight is 329 g/mol. The Morgan fingerprint density at radius 3 is 2.90 bits per heavy atom. The van der Waals surface area contributed by atoms with Crippen molar-refractivity contribution in [3.8, 4) is 0 Å². The molecule has 0 saturated carbocycles. The van der Waals surface area contributed by atoms with Gasteiger partial charge in [-0.25, -0.2) is 4.39 Å². The van der Waals surface area contributed by atoms with Crippen LogP contribution in [-0.2, 0) is 4.74 Å². The molecular formula is C16H18ClFO2S. The number of benzene rings is 1. The van der Waals surface area contributed by atoms with E-state index in [4.69, 9.17) is 16.3 Å². The predicted octanol–water partition coefficient (Wildman–Crippen LogP) is 4.35. The van der Waals surface area contributed by atoms with Crippen LogP contribution in [0.3, 0.4) is 0 Å².